The van der Waals surface area contributed by atoms with Crippen LogP contribution in [0.1, 0.15) is 18.5 Å². The lowest BCUT2D eigenvalue weighted by molar-refractivity contribution is 0.625. The predicted octanol–water partition coefficient (Wildman–Crippen LogP) is 3.29. The number of benzene rings is 1. The van der Waals surface area contributed by atoms with Crippen LogP contribution in [0.15, 0.2) is 39.3 Å². The molecule has 1 rings (SSSR count). The average Bonchev–Trinajstić information content (AvgIpc) is 2.09. The highest BCUT2D eigenvalue weighted by Gasteiger charge is 2.13. The Morgan fingerprint density at radius 1 is 1.50 bits per heavy atom. The third-order valence-corrected chi connectivity index (χ3v) is 3.11. The van der Waals surface area contributed by atoms with Crippen LogP contribution in [0.4, 0.5) is 0 Å². The van der Waals surface area contributed by atoms with Crippen LogP contribution in [0, 0.1) is 0 Å². The first kappa shape index (κ1) is 11.9. The second kappa shape index (κ2) is 5.07. The van der Waals surface area contributed by atoms with Crippen molar-refractivity contribution in [2.24, 2.45) is 5.84 Å². The molecule has 3 N–H and O–H groups in total. The van der Waals surface area contributed by atoms with Crippen molar-refractivity contribution < 1.29 is 0 Å². The van der Waals surface area contributed by atoms with Gasteiger partial charge in [-0.05, 0) is 24.6 Å². The maximum Gasteiger partial charge on any atom is 0.0675 e. The molecule has 0 spiro atoms. The minimum absolute atomic E-state index is 0.0162. The van der Waals surface area contributed by atoms with E-state index in [9.17, 15) is 0 Å². The quantitative estimate of drug-likeness (QED) is 0.509. The highest BCUT2D eigenvalue weighted by atomic mass is 79.9. The lowest BCUT2D eigenvalue weighted by atomic mass is 10.0. The average molecular weight is 320 g/mol. The van der Waals surface area contributed by atoms with Crippen LogP contribution in [0.25, 0.3) is 0 Å². The Bertz CT molecular complexity index is 350. The molecule has 0 fully saturated rings. The summed E-state index contributed by atoms with van der Waals surface area (Å²) in [5.74, 6) is 5.47. The Kier molecular flexibility index (Phi) is 4.31. The topological polar surface area (TPSA) is 38.0 Å². The van der Waals surface area contributed by atoms with E-state index in [-0.39, 0.29) is 6.04 Å². The van der Waals surface area contributed by atoms with Gasteiger partial charge in [-0.15, -0.1) is 0 Å². The Hall–Kier alpha value is -0.160. The van der Waals surface area contributed by atoms with E-state index in [1.54, 1.807) is 0 Å². The van der Waals surface area contributed by atoms with Gasteiger partial charge in [0.25, 0.3) is 0 Å². The van der Waals surface area contributed by atoms with Crippen LogP contribution in [-0.2, 0) is 0 Å². The molecule has 0 heterocycles. The number of hydrogen-bond donors (Lipinski definition) is 2. The minimum Gasteiger partial charge on any atom is -0.271 e. The van der Waals surface area contributed by atoms with Crippen molar-refractivity contribution in [2.45, 2.75) is 13.0 Å². The Labute approximate surface area is 101 Å². The van der Waals surface area contributed by atoms with Crippen molar-refractivity contribution in [3.8, 4) is 0 Å². The Morgan fingerprint density at radius 3 is 2.57 bits per heavy atom. The summed E-state index contributed by atoms with van der Waals surface area (Å²) in [6.45, 7) is 5.83. The lowest BCUT2D eigenvalue weighted by Gasteiger charge is -2.17. The van der Waals surface area contributed by atoms with Crippen molar-refractivity contribution in [2.75, 3.05) is 0 Å². The first-order valence-electron chi connectivity index (χ1n) is 4.12. The maximum atomic E-state index is 5.47. The molecule has 0 aliphatic heterocycles. The molecule has 1 aromatic carbocycles. The van der Waals surface area contributed by atoms with E-state index >= 15 is 0 Å². The van der Waals surface area contributed by atoms with E-state index in [1.807, 2.05) is 25.1 Å². The van der Waals surface area contributed by atoms with Gasteiger partial charge < -0.3 is 0 Å². The lowest BCUT2D eigenvalue weighted by Crippen LogP contribution is -2.28. The van der Waals surface area contributed by atoms with E-state index in [4.69, 9.17) is 5.84 Å². The summed E-state index contributed by atoms with van der Waals surface area (Å²) in [5, 5.41) is 0. The minimum atomic E-state index is -0.0162. The smallest absolute Gasteiger partial charge is 0.0675 e. The molecule has 0 aliphatic carbocycles. The van der Waals surface area contributed by atoms with E-state index < -0.39 is 0 Å². The van der Waals surface area contributed by atoms with Crippen LogP contribution in [-0.4, -0.2) is 0 Å². The fraction of sp³-hybridized carbons (Fsp3) is 0.200. The van der Waals surface area contributed by atoms with Crippen LogP contribution in [0.5, 0.6) is 0 Å². The molecule has 1 aromatic rings. The fourth-order valence-corrected chi connectivity index (χ4v) is 2.51. The molecule has 4 heteroatoms. The van der Waals surface area contributed by atoms with Gasteiger partial charge in [-0.3, -0.25) is 5.84 Å². The molecule has 14 heavy (non-hydrogen) atoms. The summed E-state index contributed by atoms with van der Waals surface area (Å²) in [5.41, 5.74) is 4.80. The van der Waals surface area contributed by atoms with Gasteiger partial charge in [0.2, 0.25) is 0 Å². The zero-order chi connectivity index (χ0) is 10.7. The van der Waals surface area contributed by atoms with Crippen molar-refractivity contribution in [3.63, 3.8) is 0 Å². The summed E-state index contributed by atoms with van der Waals surface area (Å²) < 4.78 is 2.04. The standard InChI is InChI=1S/C10H12Br2N2/c1-6(2)10(14-13)8-4-3-7(11)5-9(8)12/h3-5,10,14H,1,13H2,2H3. The van der Waals surface area contributed by atoms with Gasteiger partial charge in [0, 0.05) is 8.95 Å². The van der Waals surface area contributed by atoms with Crippen molar-refractivity contribution in [1.29, 1.82) is 0 Å². The summed E-state index contributed by atoms with van der Waals surface area (Å²) >= 11 is 6.89. The molecule has 0 aromatic heterocycles. The largest absolute Gasteiger partial charge is 0.271 e. The molecule has 0 bridgehead atoms. The summed E-state index contributed by atoms with van der Waals surface area (Å²) in [4.78, 5) is 0. The molecule has 0 amide bonds. The maximum absolute atomic E-state index is 5.47. The van der Waals surface area contributed by atoms with Gasteiger partial charge in [0.15, 0.2) is 0 Å². The number of hydrazine groups is 1. The van der Waals surface area contributed by atoms with Gasteiger partial charge >= 0.3 is 0 Å². The third-order valence-electron chi connectivity index (χ3n) is 1.93. The van der Waals surface area contributed by atoms with Crippen molar-refractivity contribution >= 4 is 31.9 Å². The normalized spacial score (nSPS) is 12.6. The summed E-state index contributed by atoms with van der Waals surface area (Å²) in [7, 11) is 0. The number of nitrogens with two attached hydrogens (primary N) is 1. The van der Waals surface area contributed by atoms with Crippen LogP contribution >= 0.6 is 31.9 Å². The molecular weight excluding hydrogens is 308 g/mol. The van der Waals surface area contributed by atoms with E-state index in [1.165, 1.54) is 0 Å². The first-order chi connectivity index (χ1) is 6.56. The molecule has 0 saturated carbocycles. The summed E-state index contributed by atoms with van der Waals surface area (Å²) in [6, 6.07) is 5.96. The number of rotatable bonds is 3. The summed E-state index contributed by atoms with van der Waals surface area (Å²) in [6.07, 6.45) is 0. The first-order valence-corrected chi connectivity index (χ1v) is 5.71. The molecule has 76 valence electrons. The molecule has 0 radical (unpaired) electrons. The van der Waals surface area contributed by atoms with Gasteiger partial charge in [0.05, 0.1) is 6.04 Å². The predicted molar refractivity (Wildman–Crippen MR) is 66.7 cm³/mol. The molecule has 2 nitrogen and oxygen atoms in total. The monoisotopic (exact) mass is 318 g/mol. The van der Waals surface area contributed by atoms with Crippen molar-refractivity contribution in [3.05, 3.63) is 44.9 Å². The molecule has 0 saturated heterocycles. The second-order valence-electron chi connectivity index (χ2n) is 3.11. The van der Waals surface area contributed by atoms with Crippen molar-refractivity contribution in [1.82, 2.24) is 5.43 Å². The number of halogens is 2. The van der Waals surface area contributed by atoms with E-state index in [2.05, 4.69) is 43.9 Å². The zero-order valence-corrected chi connectivity index (χ0v) is 11.0. The molecule has 1 atom stereocenters. The Morgan fingerprint density at radius 2 is 2.14 bits per heavy atom. The third kappa shape index (κ3) is 2.67. The van der Waals surface area contributed by atoms with Crippen LogP contribution in [0.2, 0.25) is 0 Å². The number of hydrogen-bond acceptors (Lipinski definition) is 2. The zero-order valence-electron chi connectivity index (χ0n) is 7.85. The highest BCUT2D eigenvalue weighted by molar-refractivity contribution is 9.11. The highest BCUT2D eigenvalue weighted by Crippen LogP contribution is 2.29. The van der Waals surface area contributed by atoms with Crippen LogP contribution in [0.3, 0.4) is 0 Å². The second-order valence-corrected chi connectivity index (χ2v) is 4.88. The molecule has 0 aliphatic rings. The fourth-order valence-electron chi connectivity index (χ4n) is 1.23. The SMILES string of the molecule is C=C(C)C(NN)c1ccc(Br)cc1Br. The van der Waals surface area contributed by atoms with Crippen LogP contribution < -0.4 is 11.3 Å². The van der Waals surface area contributed by atoms with Gasteiger partial charge in [-0.1, -0.05) is 50.1 Å². The van der Waals surface area contributed by atoms with Gasteiger partial charge in [-0.2, -0.15) is 0 Å². The molecular formula is C10H12Br2N2. The Balaban J connectivity index is 3.10. The van der Waals surface area contributed by atoms with Gasteiger partial charge in [0.1, 0.15) is 0 Å². The van der Waals surface area contributed by atoms with E-state index in [0.717, 1.165) is 20.1 Å². The van der Waals surface area contributed by atoms with E-state index in [0.29, 0.717) is 0 Å². The number of nitrogens with one attached hydrogen (secondary N) is 1. The molecule has 1 unspecified atom stereocenters. The van der Waals surface area contributed by atoms with Gasteiger partial charge in [-0.25, -0.2) is 5.43 Å².